The van der Waals surface area contributed by atoms with Crippen molar-refractivity contribution in [1.29, 1.82) is 0 Å². The van der Waals surface area contributed by atoms with Crippen LogP contribution in [0.1, 0.15) is 88.4 Å². The second-order valence-corrected chi connectivity index (χ2v) is 10.5. The number of nitrogens with zero attached hydrogens (tertiary/aromatic N) is 3. The molecular formula is C31H41N3O5. The SMILES string of the molecule is CCCCN(CCCC)CCCN1C(=O)C(=O)C(=C(O)c2cccc([N+](=O)[O-])c2)[C@H]1c1ccc(C(C)C)cc1. The summed E-state index contributed by atoms with van der Waals surface area (Å²) in [6.45, 7) is 11.7. The number of hydrogen-bond acceptors (Lipinski definition) is 6. The van der Waals surface area contributed by atoms with Gasteiger partial charge in [-0.05, 0) is 55.9 Å². The molecule has 0 spiro atoms. The van der Waals surface area contributed by atoms with Crippen LogP contribution in [0.3, 0.4) is 0 Å². The topological polar surface area (TPSA) is 104 Å². The second-order valence-electron chi connectivity index (χ2n) is 10.5. The highest BCUT2D eigenvalue weighted by molar-refractivity contribution is 6.46. The Bertz CT molecular complexity index is 1180. The Morgan fingerprint density at radius 3 is 2.18 bits per heavy atom. The molecule has 1 aliphatic rings. The number of carbonyl (C=O) groups excluding carboxylic acids is 2. The van der Waals surface area contributed by atoms with Crippen LogP contribution in [0, 0.1) is 10.1 Å². The summed E-state index contributed by atoms with van der Waals surface area (Å²) >= 11 is 0. The molecule has 0 unspecified atom stereocenters. The van der Waals surface area contributed by atoms with Crippen LogP contribution in [0.5, 0.6) is 0 Å². The monoisotopic (exact) mass is 535 g/mol. The number of ketones is 1. The lowest BCUT2D eigenvalue weighted by atomic mass is 9.93. The molecule has 3 rings (SSSR count). The van der Waals surface area contributed by atoms with E-state index in [9.17, 15) is 24.8 Å². The highest BCUT2D eigenvalue weighted by Crippen LogP contribution is 2.40. The van der Waals surface area contributed by atoms with Crippen LogP contribution in [-0.4, -0.2) is 57.7 Å². The van der Waals surface area contributed by atoms with Crippen LogP contribution < -0.4 is 0 Å². The smallest absolute Gasteiger partial charge is 0.295 e. The number of carbonyl (C=O) groups is 2. The summed E-state index contributed by atoms with van der Waals surface area (Å²) in [6, 6.07) is 12.5. The Morgan fingerprint density at radius 2 is 1.62 bits per heavy atom. The first-order valence-corrected chi connectivity index (χ1v) is 14.0. The van der Waals surface area contributed by atoms with Crippen LogP contribution in [0.2, 0.25) is 0 Å². The molecule has 0 bridgehead atoms. The standard InChI is InChI=1S/C31H41N3O5/c1-5-7-17-32(18-8-6-2)19-10-20-33-28(24-15-13-23(14-16-24)22(3)4)27(30(36)31(33)37)29(35)25-11-9-12-26(21-25)34(38)39/h9,11-16,21-22,28,35H,5-8,10,17-20H2,1-4H3/t28-/m1/s1. The van der Waals surface area contributed by atoms with Crippen molar-refractivity contribution in [2.45, 2.75) is 71.8 Å². The Hall–Kier alpha value is -3.52. The first kappa shape index (κ1) is 30.0. The van der Waals surface area contributed by atoms with Gasteiger partial charge in [0.1, 0.15) is 5.76 Å². The summed E-state index contributed by atoms with van der Waals surface area (Å²) in [5, 5.41) is 22.6. The quantitative estimate of drug-likeness (QED) is 0.0982. The number of hydrogen-bond donors (Lipinski definition) is 1. The van der Waals surface area contributed by atoms with E-state index in [0.717, 1.165) is 56.4 Å². The minimum absolute atomic E-state index is 0.0355. The largest absolute Gasteiger partial charge is 0.507 e. The van der Waals surface area contributed by atoms with Crippen molar-refractivity contribution in [2.75, 3.05) is 26.2 Å². The van der Waals surface area contributed by atoms with Crippen LogP contribution in [0.4, 0.5) is 5.69 Å². The number of Topliss-reactive ketones (excluding diaryl/α,β-unsaturated/α-hetero) is 1. The normalized spacial score (nSPS) is 17.0. The maximum Gasteiger partial charge on any atom is 0.295 e. The van der Waals surface area contributed by atoms with Crippen molar-refractivity contribution >= 4 is 23.1 Å². The van der Waals surface area contributed by atoms with Gasteiger partial charge in [-0.15, -0.1) is 0 Å². The fraction of sp³-hybridized carbons (Fsp3) is 0.484. The van der Waals surface area contributed by atoms with Crippen molar-refractivity contribution in [3.63, 3.8) is 0 Å². The summed E-state index contributed by atoms with van der Waals surface area (Å²) in [6.07, 6.45) is 5.14. The first-order valence-electron chi connectivity index (χ1n) is 14.0. The predicted octanol–water partition coefficient (Wildman–Crippen LogP) is 6.43. The molecule has 8 heteroatoms. The third-order valence-corrected chi connectivity index (χ3v) is 7.32. The van der Waals surface area contributed by atoms with Crippen LogP contribution in [0.25, 0.3) is 5.76 Å². The second kappa shape index (κ2) is 14.0. The van der Waals surface area contributed by atoms with Crippen molar-refractivity contribution in [1.82, 2.24) is 9.80 Å². The molecule has 2 aromatic rings. The first-order chi connectivity index (χ1) is 18.7. The van der Waals surface area contributed by atoms with Gasteiger partial charge in [0, 0.05) is 24.2 Å². The van der Waals surface area contributed by atoms with Crippen molar-refractivity contribution in [3.05, 3.63) is 80.9 Å². The lowest BCUT2D eigenvalue weighted by Crippen LogP contribution is -2.34. The van der Waals surface area contributed by atoms with Crippen LogP contribution in [-0.2, 0) is 9.59 Å². The fourth-order valence-corrected chi connectivity index (χ4v) is 5.01. The highest BCUT2D eigenvalue weighted by atomic mass is 16.6. The van der Waals surface area contributed by atoms with Gasteiger partial charge >= 0.3 is 0 Å². The molecule has 1 saturated heterocycles. The molecule has 0 aromatic heterocycles. The van der Waals surface area contributed by atoms with Gasteiger partial charge in [-0.25, -0.2) is 0 Å². The molecule has 1 aliphatic heterocycles. The Morgan fingerprint density at radius 1 is 1.00 bits per heavy atom. The number of unbranched alkanes of at least 4 members (excludes halogenated alkanes) is 2. The number of aliphatic hydroxyl groups excluding tert-OH is 1. The average Bonchev–Trinajstić information content (AvgIpc) is 3.18. The summed E-state index contributed by atoms with van der Waals surface area (Å²) < 4.78 is 0. The van der Waals surface area contributed by atoms with Gasteiger partial charge in [0.2, 0.25) is 0 Å². The zero-order chi connectivity index (χ0) is 28.5. The van der Waals surface area contributed by atoms with Gasteiger partial charge in [0.25, 0.3) is 17.4 Å². The van der Waals surface area contributed by atoms with E-state index in [-0.39, 0.29) is 16.8 Å². The fourth-order valence-electron chi connectivity index (χ4n) is 5.01. The van der Waals surface area contributed by atoms with E-state index in [1.54, 1.807) is 4.90 Å². The maximum atomic E-state index is 13.3. The van der Waals surface area contributed by atoms with E-state index < -0.39 is 28.4 Å². The number of non-ortho nitro benzene ring substituents is 1. The van der Waals surface area contributed by atoms with Gasteiger partial charge in [-0.3, -0.25) is 19.7 Å². The molecular weight excluding hydrogens is 494 g/mol. The molecule has 0 radical (unpaired) electrons. The van der Waals surface area contributed by atoms with E-state index in [1.807, 2.05) is 24.3 Å². The van der Waals surface area contributed by atoms with Gasteiger partial charge in [-0.1, -0.05) is 76.9 Å². The highest BCUT2D eigenvalue weighted by Gasteiger charge is 2.45. The third kappa shape index (κ3) is 7.32. The number of likely N-dealkylation sites (tertiary alicyclic amines) is 1. The Kier molecular flexibility index (Phi) is 10.8. The van der Waals surface area contributed by atoms with E-state index >= 15 is 0 Å². The number of nitro benzene ring substituents is 1. The Balaban J connectivity index is 1.98. The van der Waals surface area contributed by atoms with E-state index in [1.165, 1.54) is 24.3 Å². The molecule has 1 N–H and O–H groups in total. The minimum atomic E-state index is -0.773. The van der Waals surface area contributed by atoms with Crippen LogP contribution >= 0.6 is 0 Å². The minimum Gasteiger partial charge on any atom is -0.507 e. The van der Waals surface area contributed by atoms with Gasteiger partial charge in [0.05, 0.1) is 16.5 Å². The van der Waals surface area contributed by atoms with Gasteiger partial charge < -0.3 is 14.9 Å². The van der Waals surface area contributed by atoms with Gasteiger partial charge in [0.15, 0.2) is 0 Å². The molecule has 1 heterocycles. The van der Waals surface area contributed by atoms with E-state index in [4.69, 9.17) is 0 Å². The lowest BCUT2D eigenvalue weighted by Gasteiger charge is -2.27. The third-order valence-electron chi connectivity index (χ3n) is 7.32. The van der Waals surface area contributed by atoms with Crippen molar-refractivity contribution in [3.8, 4) is 0 Å². The summed E-state index contributed by atoms with van der Waals surface area (Å²) in [7, 11) is 0. The summed E-state index contributed by atoms with van der Waals surface area (Å²) in [5.41, 5.74) is 1.74. The molecule has 0 aliphatic carbocycles. The van der Waals surface area contributed by atoms with Gasteiger partial charge in [-0.2, -0.15) is 0 Å². The van der Waals surface area contributed by atoms with Crippen LogP contribution in [0.15, 0.2) is 54.1 Å². The number of rotatable bonds is 14. The number of aliphatic hydroxyl groups is 1. The molecule has 0 saturated carbocycles. The molecule has 8 nitrogen and oxygen atoms in total. The van der Waals surface area contributed by atoms with Crippen molar-refractivity contribution in [2.24, 2.45) is 0 Å². The predicted molar refractivity (Wildman–Crippen MR) is 154 cm³/mol. The van der Waals surface area contributed by atoms with Crippen molar-refractivity contribution < 1.29 is 19.6 Å². The molecule has 1 amide bonds. The van der Waals surface area contributed by atoms with E-state index in [2.05, 4.69) is 32.6 Å². The number of benzene rings is 2. The maximum absolute atomic E-state index is 13.3. The molecule has 1 fully saturated rings. The lowest BCUT2D eigenvalue weighted by molar-refractivity contribution is -0.384. The van der Waals surface area contributed by atoms with E-state index in [0.29, 0.717) is 18.9 Å². The average molecular weight is 536 g/mol. The summed E-state index contributed by atoms with van der Waals surface area (Å²) in [5.74, 6) is -1.52. The number of amides is 1. The summed E-state index contributed by atoms with van der Waals surface area (Å²) in [4.78, 5) is 41.4. The molecule has 2 aromatic carbocycles. The molecule has 1 atom stereocenters. The molecule has 39 heavy (non-hydrogen) atoms. The number of nitro groups is 1. The zero-order valence-corrected chi connectivity index (χ0v) is 23.6. The molecule has 210 valence electrons. The zero-order valence-electron chi connectivity index (χ0n) is 23.6. The Labute approximate surface area is 231 Å².